The minimum atomic E-state index is 0.804. The van der Waals surface area contributed by atoms with E-state index in [9.17, 15) is 0 Å². The third-order valence-electron chi connectivity index (χ3n) is 2.93. The Hall–Kier alpha value is -1.79. The molecule has 3 nitrogen and oxygen atoms in total. The van der Waals surface area contributed by atoms with Crippen LogP contribution in [0.25, 0.3) is 10.9 Å². The first-order valence-electron chi connectivity index (χ1n) is 6.41. The Morgan fingerprint density at radius 3 is 2.94 bits per heavy atom. The predicted molar refractivity (Wildman–Crippen MR) is 75.2 cm³/mol. The summed E-state index contributed by atoms with van der Waals surface area (Å²) in [6.45, 7) is 6.61. The van der Waals surface area contributed by atoms with Crippen molar-refractivity contribution in [2.75, 3.05) is 6.54 Å². The van der Waals surface area contributed by atoms with Gasteiger partial charge in [0.1, 0.15) is 0 Å². The molecule has 0 fully saturated rings. The number of rotatable bonds is 5. The van der Waals surface area contributed by atoms with E-state index in [2.05, 4.69) is 58.1 Å². The Labute approximate surface area is 108 Å². The highest BCUT2D eigenvalue weighted by molar-refractivity contribution is 5.81. The first-order chi connectivity index (χ1) is 8.86. The molecule has 0 amide bonds. The van der Waals surface area contributed by atoms with E-state index in [0.717, 1.165) is 31.7 Å². The molecule has 0 saturated carbocycles. The van der Waals surface area contributed by atoms with Gasteiger partial charge >= 0.3 is 0 Å². The summed E-state index contributed by atoms with van der Waals surface area (Å²) < 4.78 is 2.05. The SMILES string of the molecule is CC#CCCNCc1nn(CC)c2ccccc12. The number of hydrogen-bond donors (Lipinski definition) is 1. The second kappa shape index (κ2) is 6.23. The van der Waals surface area contributed by atoms with E-state index in [1.165, 1.54) is 10.9 Å². The van der Waals surface area contributed by atoms with Gasteiger partial charge in [0.25, 0.3) is 0 Å². The molecule has 0 bridgehead atoms. The topological polar surface area (TPSA) is 29.9 Å². The Bertz CT molecular complexity index is 572. The average Bonchev–Trinajstić information content (AvgIpc) is 2.77. The molecular weight excluding hydrogens is 222 g/mol. The maximum atomic E-state index is 4.64. The summed E-state index contributed by atoms with van der Waals surface area (Å²) in [6, 6.07) is 8.38. The number of nitrogens with zero attached hydrogens (tertiary/aromatic N) is 2. The van der Waals surface area contributed by atoms with Crippen molar-refractivity contribution in [3.8, 4) is 11.8 Å². The Balaban J connectivity index is 2.10. The molecule has 2 rings (SSSR count). The van der Waals surface area contributed by atoms with E-state index in [1.807, 2.05) is 6.92 Å². The van der Waals surface area contributed by atoms with Crippen molar-refractivity contribution in [3.63, 3.8) is 0 Å². The van der Waals surface area contributed by atoms with Gasteiger partial charge < -0.3 is 5.32 Å². The molecule has 18 heavy (non-hydrogen) atoms. The van der Waals surface area contributed by atoms with Crippen LogP contribution in [-0.2, 0) is 13.1 Å². The minimum Gasteiger partial charge on any atom is -0.310 e. The number of para-hydroxylation sites is 1. The average molecular weight is 241 g/mol. The van der Waals surface area contributed by atoms with E-state index >= 15 is 0 Å². The lowest BCUT2D eigenvalue weighted by Gasteiger charge is -1.99. The second-order valence-electron chi connectivity index (χ2n) is 4.13. The van der Waals surface area contributed by atoms with E-state index in [0.29, 0.717) is 0 Å². The van der Waals surface area contributed by atoms with Crippen molar-refractivity contribution in [2.24, 2.45) is 0 Å². The molecule has 0 aliphatic carbocycles. The third kappa shape index (κ3) is 2.72. The van der Waals surface area contributed by atoms with Gasteiger partial charge in [0.05, 0.1) is 11.2 Å². The summed E-state index contributed by atoms with van der Waals surface area (Å²) in [4.78, 5) is 0. The number of aryl methyl sites for hydroxylation is 1. The van der Waals surface area contributed by atoms with Crippen LogP contribution in [0.1, 0.15) is 26.0 Å². The minimum absolute atomic E-state index is 0.804. The van der Waals surface area contributed by atoms with Crippen LogP contribution in [0.4, 0.5) is 0 Å². The summed E-state index contributed by atoms with van der Waals surface area (Å²) in [7, 11) is 0. The first-order valence-corrected chi connectivity index (χ1v) is 6.41. The molecule has 94 valence electrons. The lowest BCUT2D eigenvalue weighted by Crippen LogP contribution is -2.15. The van der Waals surface area contributed by atoms with Crippen molar-refractivity contribution >= 4 is 10.9 Å². The molecule has 0 atom stereocenters. The molecule has 0 saturated heterocycles. The van der Waals surface area contributed by atoms with E-state index in [1.54, 1.807) is 0 Å². The molecule has 0 aliphatic heterocycles. The molecular formula is C15H19N3. The predicted octanol–water partition coefficient (Wildman–Crippen LogP) is 2.56. The summed E-state index contributed by atoms with van der Waals surface area (Å²) in [5.74, 6) is 5.95. The van der Waals surface area contributed by atoms with Crippen molar-refractivity contribution in [1.82, 2.24) is 15.1 Å². The van der Waals surface area contributed by atoms with Gasteiger partial charge in [-0.3, -0.25) is 4.68 Å². The fraction of sp³-hybridized carbons (Fsp3) is 0.400. The standard InChI is InChI=1S/C15H19N3/c1-3-5-8-11-16-12-14-13-9-6-7-10-15(13)18(4-2)17-14/h6-7,9-10,16H,4,8,11-12H2,1-2H3. The zero-order valence-electron chi connectivity index (χ0n) is 11.0. The number of hydrogen-bond acceptors (Lipinski definition) is 2. The lowest BCUT2D eigenvalue weighted by molar-refractivity contribution is 0.635. The number of fused-ring (bicyclic) bond motifs is 1. The smallest absolute Gasteiger partial charge is 0.0841 e. The molecule has 0 spiro atoms. The van der Waals surface area contributed by atoms with Crippen LogP contribution in [0, 0.1) is 11.8 Å². The highest BCUT2D eigenvalue weighted by atomic mass is 15.3. The Kier molecular flexibility index (Phi) is 4.38. The van der Waals surface area contributed by atoms with E-state index < -0.39 is 0 Å². The van der Waals surface area contributed by atoms with Crippen LogP contribution in [-0.4, -0.2) is 16.3 Å². The van der Waals surface area contributed by atoms with E-state index in [4.69, 9.17) is 0 Å². The molecule has 1 aromatic heterocycles. The first kappa shape index (κ1) is 12.7. The van der Waals surface area contributed by atoms with Gasteiger partial charge in [-0.05, 0) is 19.9 Å². The largest absolute Gasteiger partial charge is 0.310 e. The van der Waals surface area contributed by atoms with Gasteiger partial charge in [-0.15, -0.1) is 11.8 Å². The summed E-state index contributed by atoms with van der Waals surface area (Å²) in [6.07, 6.45) is 0.892. The quantitative estimate of drug-likeness (QED) is 0.644. The summed E-state index contributed by atoms with van der Waals surface area (Å²) in [5, 5.41) is 9.28. The van der Waals surface area contributed by atoms with Crippen LogP contribution in [0.15, 0.2) is 24.3 Å². The molecule has 1 N–H and O–H groups in total. The molecule has 1 heterocycles. The fourth-order valence-corrected chi connectivity index (χ4v) is 2.05. The summed E-state index contributed by atoms with van der Waals surface area (Å²) >= 11 is 0. The van der Waals surface area contributed by atoms with Crippen LogP contribution < -0.4 is 5.32 Å². The zero-order chi connectivity index (χ0) is 12.8. The van der Waals surface area contributed by atoms with Gasteiger partial charge in [-0.2, -0.15) is 5.10 Å². The molecule has 0 unspecified atom stereocenters. The summed E-state index contributed by atoms with van der Waals surface area (Å²) in [5.41, 5.74) is 2.34. The maximum Gasteiger partial charge on any atom is 0.0841 e. The third-order valence-corrected chi connectivity index (χ3v) is 2.93. The van der Waals surface area contributed by atoms with Gasteiger partial charge in [0.2, 0.25) is 0 Å². The zero-order valence-corrected chi connectivity index (χ0v) is 11.0. The van der Waals surface area contributed by atoms with Gasteiger partial charge in [-0.25, -0.2) is 0 Å². The Morgan fingerprint density at radius 1 is 1.33 bits per heavy atom. The highest BCUT2D eigenvalue weighted by Gasteiger charge is 2.07. The molecule has 2 aromatic rings. The van der Waals surface area contributed by atoms with Gasteiger partial charge in [0.15, 0.2) is 0 Å². The van der Waals surface area contributed by atoms with Crippen molar-refractivity contribution < 1.29 is 0 Å². The number of aromatic nitrogens is 2. The van der Waals surface area contributed by atoms with Crippen LogP contribution >= 0.6 is 0 Å². The van der Waals surface area contributed by atoms with Crippen molar-refractivity contribution in [1.29, 1.82) is 0 Å². The van der Waals surface area contributed by atoms with E-state index in [-0.39, 0.29) is 0 Å². The lowest BCUT2D eigenvalue weighted by atomic mass is 10.2. The van der Waals surface area contributed by atoms with Crippen molar-refractivity contribution in [3.05, 3.63) is 30.0 Å². The number of nitrogens with one attached hydrogen (secondary N) is 1. The van der Waals surface area contributed by atoms with Crippen LogP contribution in [0.2, 0.25) is 0 Å². The molecule has 0 radical (unpaired) electrons. The van der Waals surface area contributed by atoms with Crippen LogP contribution in [0.5, 0.6) is 0 Å². The molecule has 3 heteroatoms. The second-order valence-corrected chi connectivity index (χ2v) is 4.13. The monoisotopic (exact) mass is 241 g/mol. The Morgan fingerprint density at radius 2 is 2.17 bits per heavy atom. The van der Waals surface area contributed by atoms with Gasteiger partial charge in [-0.1, -0.05) is 18.2 Å². The van der Waals surface area contributed by atoms with Crippen LogP contribution in [0.3, 0.4) is 0 Å². The molecule has 0 aliphatic rings. The molecule has 1 aromatic carbocycles. The van der Waals surface area contributed by atoms with Crippen molar-refractivity contribution in [2.45, 2.75) is 33.4 Å². The highest BCUT2D eigenvalue weighted by Crippen LogP contribution is 2.17. The van der Waals surface area contributed by atoms with Gasteiger partial charge in [0, 0.05) is 31.4 Å². The maximum absolute atomic E-state index is 4.64. The fourth-order valence-electron chi connectivity index (χ4n) is 2.05. The number of benzene rings is 1. The normalized spacial score (nSPS) is 10.3.